The standard InChI is InChI=1S/C18H28O/c1-5-16(6-2)17(13-18(19)7-3)12-15-10-8-9-14(4)11-15/h8-11,16-17H,5-7,12-13H2,1-4H3. The van der Waals surface area contributed by atoms with Gasteiger partial charge in [0.05, 0.1) is 0 Å². The highest BCUT2D eigenvalue weighted by molar-refractivity contribution is 5.78. The molecule has 0 saturated heterocycles. The third-order valence-electron chi connectivity index (χ3n) is 4.18. The van der Waals surface area contributed by atoms with Crippen LogP contribution in [0.4, 0.5) is 0 Å². The lowest BCUT2D eigenvalue weighted by atomic mass is 9.80. The van der Waals surface area contributed by atoms with Crippen LogP contribution in [0.25, 0.3) is 0 Å². The SMILES string of the molecule is CCC(=O)CC(Cc1cccc(C)c1)C(CC)CC. The second kappa shape index (κ2) is 8.14. The van der Waals surface area contributed by atoms with E-state index in [9.17, 15) is 4.79 Å². The molecule has 1 nitrogen and oxygen atoms in total. The summed E-state index contributed by atoms with van der Waals surface area (Å²) in [4.78, 5) is 11.8. The summed E-state index contributed by atoms with van der Waals surface area (Å²) in [5.41, 5.74) is 2.68. The zero-order valence-electron chi connectivity index (χ0n) is 12.9. The van der Waals surface area contributed by atoms with Crippen molar-refractivity contribution < 1.29 is 4.79 Å². The van der Waals surface area contributed by atoms with Gasteiger partial charge in [0.25, 0.3) is 0 Å². The Morgan fingerprint density at radius 1 is 1.11 bits per heavy atom. The molecule has 1 unspecified atom stereocenters. The molecule has 0 aromatic heterocycles. The first-order valence-electron chi connectivity index (χ1n) is 7.67. The van der Waals surface area contributed by atoms with Crippen molar-refractivity contribution in [1.82, 2.24) is 0 Å². The van der Waals surface area contributed by atoms with Gasteiger partial charge >= 0.3 is 0 Å². The van der Waals surface area contributed by atoms with Crippen molar-refractivity contribution in [3.8, 4) is 0 Å². The topological polar surface area (TPSA) is 17.1 Å². The molecule has 19 heavy (non-hydrogen) atoms. The summed E-state index contributed by atoms with van der Waals surface area (Å²) < 4.78 is 0. The van der Waals surface area contributed by atoms with E-state index in [2.05, 4.69) is 45.0 Å². The van der Waals surface area contributed by atoms with Crippen molar-refractivity contribution in [2.24, 2.45) is 11.8 Å². The molecule has 1 rings (SSSR count). The van der Waals surface area contributed by atoms with Gasteiger partial charge in [0, 0.05) is 12.8 Å². The van der Waals surface area contributed by atoms with E-state index in [1.165, 1.54) is 24.0 Å². The summed E-state index contributed by atoms with van der Waals surface area (Å²) in [5.74, 6) is 1.57. The highest BCUT2D eigenvalue weighted by Crippen LogP contribution is 2.27. The molecule has 106 valence electrons. The van der Waals surface area contributed by atoms with Crippen molar-refractivity contribution in [2.45, 2.75) is 59.8 Å². The van der Waals surface area contributed by atoms with Crippen molar-refractivity contribution in [1.29, 1.82) is 0 Å². The number of carbonyl (C=O) groups excluding carboxylic acids is 1. The molecule has 0 heterocycles. The van der Waals surface area contributed by atoms with Crippen LogP contribution in [0.2, 0.25) is 0 Å². The summed E-state index contributed by atoms with van der Waals surface area (Å²) in [6.07, 6.45) is 4.80. The number of hydrogen-bond acceptors (Lipinski definition) is 1. The summed E-state index contributed by atoms with van der Waals surface area (Å²) in [7, 11) is 0. The van der Waals surface area contributed by atoms with Crippen LogP contribution in [-0.4, -0.2) is 5.78 Å². The minimum Gasteiger partial charge on any atom is -0.300 e. The molecule has 1 atom stereocenters. The number of aryl methyl sites for hydroxylation is 1. The lowest BCUT2D eigenvalue weighted by Crippen LogP contribution is -2.20. The molecule has 0 amide bonds. The molecular formula is C18H28O. The van der Waals surface area contributed by atoms with Crippen LogP contribution >= 0.6 is 0 Å². The van der Waals surface area contributed by atoms with E-state index in [1.54, 1.807) is 0 Å². The van der Waals surface area contributed by atoms with Gasteiger partial charge in [0.2, 0.25) is 0 Å². The largest absolute Gasteiger partial charge is 0.300 e. The number of ketones is 1. The van der Waals surface area contributed by atoms with Gasteiger partial charge in [0.15, 0.2) is 0 Å². The third-order valence-corrected chi connectivity index (χ3v) is 4.18. The first-order valence-corrected chi connectivity index (χ1v) is 7.67. The van der Waals surface area contributed by atoms with Gasteiger partial charge in [-0.25, -0.2) is 0 Å². The zero-order valence-corrected chi connectivity index (χ0v) is 12.9. The number of hydrogen-bond donors (Lipinski definition) is 0. The van der Waals surface area contributed by atoms with Gasteiger partial charge in [-0.05, 0) is 30.7 Å². The van der Waals surface area contributed by atoms with Crippen molar-refractivity contribution in [3.05, 3.63) is 35.4 Å². The quantitative estimate of drug-likeness (QED) is 0.645. The summed E-state index contributed by atoms with van der Waals surface area (Å²) in [6, 6.07) is 8.70. The van der Waals surface area contributed by atoms with E-state index >= 15 is 0 Å². The van der Waals surface area contributed by atoms with Crippen molar-refractivity contribution >= 4 is 5.78 Å². The van der Waals surface area contributed by atoms with Crippen LogP contribution in [0.3, 0.4) is 0 Å². The van der Waals surface area contributed by atoms with Gasteiger partial charge in [-0.3, -0.25) is 4.79 Å². The van der Waals surface area contributed by atoms with Crippen molar-refractivity contribution in [3.63, 3.8) is 0 Å². The number of rotatable bonds is 8. The average Bonchev–Trinajstić information content (AvgIpc) is 2.39. The lowest BCUT2D eigenvalue weighted by Gasteiger charge is -2.25. The van der Waals surface area contributed by atoms with E-state index in [-0.39, 0.29) is 0 Å². The van der Waals surface area contributed by atoms with Gasteiger partial charge in [-0.1, -0.05) is 63.4 Å². The average molecular weight is 260 g/mol. The van der Waals surface area contributed by atoms with Crippen LogP contribution in [0.15, 0.2) is 24.3 Å². The Morgan fingerprint density at radius 2 is 1.79 bits per heavy atom. The molecule has 0 radical (unpaired) electrons. The Hall–Kier alpha value is -1.11. The van der Waals surface area contributed by atoms with Gasteiger partial charge in [0.1, 0.15) is 5.78 Å². The second-order valence-corrected chi connectivity index (χ2v) is 5.63. The van der Waals surface area contributed by atoms with E-state index in [1.807, 2.05) is 6.92 Å². The molecule has 0 aliphatic heterocycles. The van der Waals surface area contributed by atoms with Gasteiger partial charge in [-0.2, -0.15) is 0 Å². The van der Waals surface area contributed by atoms with Crippen LogP contribution < -0.4 is 0 Å². The molecular weight excluding hydrogens is 232 g/mol. The van der Waals surface area contributed by atoms with E-state index in [4.69, 9.17) is 0 Å². The molecule has 1 heteroatoms. The smallest absolute Gasteiger partial charge is 0.132 e. The molecule has 0 aliphatic carbocycles. The molecule has 0 spiro atoms. The Kier molecular flexibility index (Phi) is 6.83. The fourth-order valence-corrected chi connectivity index (χ4v) is 2.94. The maximum absolute atomic E-state index is 11.8. The maximum atomic E-state index is 11.8. The number of benzene rings is 1. The minimum absolute atomic E-state index is 0.407. The summed E-state index contributed by atoms with van der Waals surface area (Å²) in [6.45, 7) is 8.59. The van der Waals surface area contributed by atoms with E-state index in [0.29, 0.717) is 24.0 Å². The highest BCUT2D eigenvalue weighted by atomic mass is 16.1. The molecule has 1 aromatic carbocycles. The maximum Gasteiger partial charge on any atom is 0.132 e. The van der Waals surface area contributed by atoms with Gasteiger partial charge in [-0.15, -0.1) is 0 Å². The van der Waals surface area contributed by atoms with Gasteiger partial charge < -0.3 is 0 Å². The highest BCUT2D eigenvalue weighted by Gasteiger charge is 2.21. The Bertz CT molecular complexity index is 390. The third kappa shape index (κ3) is 5.18. The predicted molar refractivity (Wildman–Crippen MR) is 82.4 cm³/mol. The van der Waals surface area contributed by atoms with Crippen LogP contribution in [-0.2, 0) is 11.2 Å². The normalized spacial score (nSPS) is 12.7. The molecule has 0 aliphatic rings. The first kappa shape index (κ1) is 15.9. The fraction of sp³-hybridized carbons (Fsp3) is 0.611. The lowest BCUT2D eigenvalue weighted by molar-refractivity contribution is -0.120. The Balaban J connectivity index is 2.81. The number of carbonyl (C=O) groups is 1. The first-order chi connectivity index (χ1) is 9.10. The molecule has 1 aromatic rings. The minimum atomic E-state index is 0.407. The van der Waals surface area contributed by atoms with Crippen LogP contribution in [0.5, 0.6) is 0 Å². The molecule has 0 N–H and O–H groups in total. The van der Waals surface area contributed by atoms with Crippen molar-refractivity contribution in [2.75, 3.05) is 0 Å². The Morgan fingerprint density at radius 3 is 2.32 bits per heavy atom. The summed E-state index contributed by atoms with van der Waals surface area (Å²) in [5, 5.41) is 0. The molecule has 0 fully saturated rings. The van der Waals surface area contributed by atoms with E-state index < -0.39 is 0 Å². The van der Waals surface area contributed by atoms with Crippen LogP contribution in [0.1, 0.15) is 57.6 Å². The molecule has 0 saturated carbocycles. The second-order valence-electron chi connectivity index (χ2n) is 5.63. The number of Topliss-reactive ketones (excluding diaryl/α,β-unsaturated/α-hetero) is 1. The van der Waals surface area contributed by atoms with E-state index in [0.717, 1.165) is 12.8 Å². The summed E-state index contributed by atoms with van der Waals surface area (Å²) >= 11 is 0. The fourth-order valence-electron chi connectivity index (χ4n) is 2.94. The van der Waals surface area contributed by atoms with Crippen LogP contribution in [0, 0.1) is 18.8 Å². The predicted octanol–water partition coefficient (Wildman–Crippen LogP) is 4.96. The Labute approximate surface area is 118 Å². The zero-order chi connectivity index (χ0) is 14.3. The molecule has 0 bridgehead atoms. The monoisotopic (exact) mass is 260 g/mol.